The molecule has 6 heteroatoms. The zero-order chi connectivity index (χ0) is 22.9. The van der Waals surface area contributed by atoms with E-state index in [-0.39, 0.29) is 23.5 Å². The fraction of sp³-hybridized carbons (Fsp3) is 0.625. The first-order chi connectivity index (χ1) is 13.9. The molecule has 0 aliphatic heterocycles. The maximum atomic E-state index is 11.1. The predicted molar refractivity (Wildman–Crippen MR) is 125 cm³/mol. The molecule has 30 heavy (non-hydrogen) atoms. The van der Waals surface area contributed by atoms with E-state index in [0.29, 0.717) is 19.6 Å². The SMILES string of the molecule is COc1ccc(CO[C@@H](CCC(=O)O)[C@H](C)/C=C(\C)CO[Si](C)(C)C(C)(C)C)cc1. The van der Waals surface area contributed by atoms with Crippen LogP contribution in [0.5, 0.6) is 5.75 Å². The summed E-state index contributed by atoms with van der Waals surface area (Å²) < 4.78 is 17.6. The number of aliphatic carboxylic acids is 1. The Bertz CT molecular complexity index is 689. The van der Waals surface area contributed by atoms with Crippen molar-refractivity contribution in [2.24, 2.45) is 5.92 Å². The lowest BCUT2D eigenvalue weighted by molar-refractivity contribution is -0.138. The van der Waals surface area contributed by atoms with Crippen LogP contribution in [0.1, 0.15) is 53.0 Å². The van der Waals surface area contributed by atoms with Crippen molar-refractivity contribution in [3.8, 4) is 5.75 Å². The summed E-state index contributed by atoms with van der Waals surface area (Å²) in [6.45, 7) is 16.4. The van der Waals surface area contributed by atoms with Crippen LogP contribution in [0.3, 0.4) is 0 Å². The molecule has 0 spiro atoms. The first-order valence-corrected chi connectivity index (χ1v) is 13.5. The Morgan fingerprint density at radius 1 is 1.20 bits per heavy atom. The molecule has 1 N–H and O–H groups in total. The van der Waals surface area contributed by atoms with E-state index >= 15 is 0 Å². The predicted octanol–water partition coefficient (Wildman–Crippen LogP) is 6.05. The van der Waals surface area contributed by atoms with Crippen LogP contribution in [0.15, 0.2) is 35.9 Å². The van der Waals surface area contributed by atoms with Crippen LogP contribution in [0, 0.1) is 5.92 Å². The van der Waals surface area contributed by atoms with E-state index in [2.05, 4.69) is 53.8 Å². The summed E-state index contributed by atoms with van der Waals surface area (Å²) in [6, 6.07) is 7.73. The van der Waals surface area contributed by atoms with Gasteiger partial charge in [-0.25, -0.2) is 0 Å². The largest absolute Gasteiger partial charge is 0.497 e. The number of methoxy groups -OCH3 is 1. The van der Waals surface area contributed by atoms with Crippen LogP contribution in [0.25, 0.3) is 0 Å². The van der Waals surface area contributed by atoms with Crippen molar-refractivity contribution in [1.82, 2.24) is 0 Å². The van der Waals surface area contributed by atoms with E-state index in [9.17, 15) is 4.79 Å². The molecule has 0 heterocycles. The van der Waals surface area contributed by atoms with Gasteiger partial charge in [0.05, 0.1) is 26.4 Å². The lowest BCUT2D eigenvalue weighted by Gasteiger charge is -2.36. The second kappa shape index (κ2) is 11.7. The summed E-state index contributed by atoms with van der Waals surface area (Å²) in [5.74, 6) is 0.0858. The topological polar surface area (TPSA) is 65.0 Å². The third-order valence-corrected chi connectivity index (χ3v) is 10.3. The van der Waals surface area contributed by atoms with Crippen molar-refractivity contribution in [2.75, 3.05) is 13.7 Å². The maximum absolute atomic E-state index is 11.1. The van der Waals surface area contributed by atoms with Crippen molar-refractivity contribution in [3.63, 3.8) is 0 Å². The van der Waals surface area contributed by atoms with Gasteiger partial charge in [0.1, 0.15) is 5.75 Å². The molecule has 0 saturated carbocycles. The standard InChI is InChI=1S/C24H40O5Si/c1-18(16-29-30(7,8)24(3,4)5)15-19(2)22(13-14-23(25)26)28-17-20-9-11-21(27-6)12-10-20/h9-12,15,19,22H,13-14,16-17H2,1-8H3,(H,25,26)/b18-15+/t19-,22+/m1/s1. The molecule has 0 unspecified atom stereocenters. The number of hydrogen-bond acceptors (Lipinski definition) is 4. The van der Waals surface area contributed by atoms with Gasteiger partial charge in [0.2, 0.25) is 0 Å². The first kappa shape index (κ1) is 26.4. The summed E-state index contributed by atoms with van der Waals surface area (Å²) in [7, 11) is -0.166. The van der Waals surface area contributed by atoms with Crippen molar-refractivity contribution in [3.05, 3.63) is 41.5 Å². The van der Waals surface area contributed by atoms with Gasteiger partial charge in [0.25, 0.3) is 0 Å². The Balaban J connectivity index is 2.76. The van der Waals surface area contributed by atoms with Gasteiger partial charge in [-0.1, -0.05) is 51.5 Å². The smallest absolute Gasteiger partial charge is 0.303 e. The summed E-state index contributed by atoms with van der Waals surface area (Å²) in [5, 5.41) is 9.29. The highest BCUT2D eigenvalue weighted by molar-refractivity contribution is 6.74. The fourth-order valence-corrected chi connectivity index (χ4v) is 3.83. The number of rotatable bonds is 12. The monoisotopic (exact) mass is 436 g/mol. The molecule has 1 rings (SSSR count). The molecule has 0 radical (unpaired) electrons. The summed E-state index contributed by atoms with van der Waals surface area (Å²) in [4.78, 5) is 11.1. The molecule has 0 fully saturated rings. The van der Waals surface area contributed by atoms with Crippen LogP contribution in [-0.2, 0) is 20.6 Å². The minimum Gasteiger partial charge on any atom is -0.497 e. The van der Waals surface area contributed by atoms with Crippen molar-refractivity contribution >= 4 is 14.3 Å². The average Bonchev–Trinajstić information content (AvgIpc) is 2.65. The van der Waals surface area contributed by atoms with Gasteiger partial charge >= 0.3 is 5.97 Å². The minimum absolute atomic E-state index is 0.0883. The Kier molecular flexibility index (Phi) is 10.3. The molecular weight excluding hydrogens is 396 g/mol. The quantitative estimate of drug-likeness (QED) is 0.319. The molecule has 0 amide bonds. The average molecular weight is 437 g/mol. The van der Waals surface area contributed by atoms with E-state index in [1.54, 1.807) is 7.11 Å². The molecule has 0 saturated heterocycles. The second-order valence-electron chi connectivity index (χ2n) is 9.55. The lowest BCUT2D eigenvalue weighted by Crippen LogP contribution is -2.41. The van der Waals surface area contributed by atoms with E-state index in [1.165, 1.54) is 0 Å². The minimum atomic E-state index is -1.80. The Labute approximate surface area is 183 Å². The molecule has 0 aromatic heterocycles. The zero-order valence-corrected chi connectivity index (χ0v) is 21.0. The highest BCUT2D eigenvalue weighted by Crippen LogP contribution is 2.36. The molecule has 0 aliphatic rings. The highest BCUT2D eigenvalue weighted by Gasteiger charge is 2.37. The van der Waals surface area contributed by atoms with Crippen LogP contribution in [0.2, 0.25) is 18.1 Å². The summed E-state index contributed by atoms with van der Waals surface area (Å²) >= 11 is 0. The number of carboxylic acids is 1. The third kappa shape index (κ3) is 9.02. The van der Waals surface area contributed by atoms with Crippen LogP contribution < -0.4 is 4.74 Å². The second-order valence-corrected chi connectivity index (χ2v) is 14.4. The van der Waals surface area contributed by atoms with E-state index < -0.39 is 14.3 Å². The molecule has 1 aromatic carbocycles. The summed E-state index contributed by atoms with van der Waals surface area (Å²) in [5.41, 5.74) is 2.19. The molecule has 1 aromatic rings. The Hall–Kier alpha value is -1.63. The van der Waals surface area contributed by atoms with Crippen LogP contribution in [-0.4, -0.2) is 39.2 Å². The molecule has 0 aliphatic carbocycles. The summed E-state index contributed by atoms with van der Waals surface area (Å²) in [6.07, 6.45) is 2.55. The zero-order valence-electron chi connectivity index (χ0n) is 20.0. The van der Waals surface area contributed by atoms with Gasteiger partial charge in [0, 0.05) is 12.3 Å². The lowest BCUT2D eigenvalue weighted by atomic mass is 9.97. The number of carbonyl (C=O) groups is 1. The van der Waals surface area contributed by atoms with E-state index in [1.807, 2.05) is 24.3 Å². The van der Waals surface area contributed by atoms with Crippen LogP contribution in [0.4, 0.5) is 0 Å². The molecular formula is C24H40O5Si. The Morgan fingerprint density at radius 2 is 1.80 bits per heavy atom. The van der Waals surface area contributed by atoms with Crippen molar-refractivity contribution in [1.29, 1.82) is 0 Å². The molecule has 2 atom stereocenters. The normalized spacial score (nSPS) is 15.0. The van der Waals surface area contributed by atoms with Gasteiger partial charge in [-0.3, -0.25) is 4.79 Å². The highest BCUT2D eigenvalue weighted by atomic mass is 28.4. The van der Waals surface area contributed by atoms with Gasteiger partial charge in [-0.2, -0.15) is 0 Å². The van der Waals surface area contributed by atoms with Gasteiger partial charge < -0.3 is 19.0 Å². The number of benzene rings is 1. The van der Waals surface area contributed by atoms with Crippen LogP contribution >= 0.6 is 0 Å². The molecule has 5 nitrogen and oxygen atoms in total. The molecule has 170 valence electrons. The third-order valence-electron chi connectivity index (χ3n) is 5.87. The van der Waals surface area contributed by atoms with Crippen molar-refractivity contribution in [2.45, 2.75) is 78.3 Å². The van der Waals surface area contributed by atoms with Crippen molar-refractivity contribution < 1.29 is 23.8 Å². The first-order valence-electron chi connectivity index (χ1n) is 10.6. The molecule has 0 bridgehead atoms. The maximum Gasteiger partial charge on any atom is 0.303 e. The van der Waals surface area contributed by atoms with Gasteiger partial charge in [0.15, 0.2) is 8.32 Å². The van der Waals surface area contributed by atoms with E-state index in [4.69, 9.17) is 19.0 Å². The van der Waals surface area contributed by atoms with Gasteiger partial charge in [-0.05, 0) is 49.2 Å². The number of ether oxygens (including phenoxy) is 2. The number of carboxylic acid groups (broad SMARTS) is 1. The number of hydrogen-bond donors (Lipinski definition) is 1. The van der Waals surface area contributed by atoms with Gasteiger partial charge in [-0.15, -0.1) is 0 Å². The Morgan fingerprint density at radius 3 is 2.30 bits per heavy atom. The van der Waals surface area contributed by atoms with E-state index in [0.717, 1.165) is 16.9 Å². The fourth-order valence-electron chi connectivity index (χ4n) is 2.80.